The summed E-state index contributed by atoms with van der Waals surface area (Å²) in [6.07, 6.45) is 1.58. The third kappa shape index (κ3) is 4.83. The number of carbonyl (C=O) groups is 1. The first-order chi connectivity index (χ1) is 13.2. The van der Waals surface area contributed by atoms with Crippen LogP contribution in [0.15, 0.2) is 60.8 Å². The Balaban J connectivity index is 1.66. The molecular weight excluding hydrogens is 336 g/mol. The summed E-state index contributed by atoms with van der Waals surface area (Å²) in [7, 11) is 0. The average Bonchev–Trinajstić information content (AvgIpc) is 3.21. The summed E-state index contributed by atoms with van der Waals surface area (Å²) < 4.78 is 0. The third-order valence-corrected chi connectivity index (χ3v) is 4.69. The van der Waals surface area contributed by atoms with Crippen molar-refractivity contribution in [1.82, 2.24) is 20.4 Å². The molecule has 27 heavy (non-hydrogen) atoms. The summed E-state index contributed by atoms with van der Waals surface area (Å²) >= 11 is 0. The molecule has 5 nitrogen and oxygen atoms in total. The van der Waals surface area contributed by atoms with Crippen LogP contribution in [0.4, 0.5) is 0 Å². The fraction of sp³-hybridized carbons (Fsp3) is 0.273. The Morgan fingerprint density at radius 3 is 2.52 bits per heavy atom. The van der Waals surface area contributed by atoms with Crippen molar-refractivity contribution in [3.63, 3.8) is 0 Å². The van der Waals surface area contributed by atoms with Crippen molar-refractivity contribution < 1.29 is 4.79 Å². The summed E-state index contributed by atoms with van der Waals surface area (Å²) in [4.78, 5) is 15.0. The maximum absolute atomic E-state index is 12.6. The molecule has 3 rings (SSSR count). The van der Waals surface area contributed by atoms with Gasteiger partial charge in [0.05, 0.1) is 17.5 Å². The second kappa shape index (κ2) is 9.14. The van der Waals surface area contributed by atoms with Crippen molar-refractivity contribution in [3.8, 4) is 11.3 Å². The minimum absolute atomic E-state index is 0.128. The van der Waals surface area contributed by atoms with Gasteiger partial charge in [0.1, 0.15) is 0 Å². The van der Waals surface area contributed by atoms with Crippen LogP contribution in [0.1, 0.15) is 35.3 Å². The zero-order chi connectivity index (χ0) is 19.1. The summed E-state index contributed by atoms with van der Waals surface area (Å²) in [5.41, 5.74) is 4.60. The minimum Gasteiger partial charge on any atom is -0.348 e. The molecule has 0 aliphatic rings. The molecule has 0 unspecified atom stereocenters. The number of benzene rings is 2. The molecule has 1 aromatic heterocycles. The molecule has 0 aliphatic carbocycles. The average molecular weight is 362 g/mol. The number of amides is 1. The standard InChI is InChI=1S/C22H26N4O/c1-3-26(4-2)16-18-10-8-9-17(13-18)14-23-22(27)20-15-24-25-21(20)19-11-6-5-7-12-19/h5-13,15H,3-4,14,16H2,1-2H3,(H,23,27)(H,24,25). The van der Waals surface area contributed by atoms with Gasteiger partial charge < -0.3 is 5.32 Å². The van der Waals surface area contributed by atoms with Gasteiger partial charge in [-0.25, -0.2) is 0 Å². The highest BCUT2D eigenvalue weighted by molar-refractivity contribution is 5.99. The van der Waals surface area contributed by atoms with Gasteiger partial charge in [-0.2, -0.15) is 5.10 Å². The Kier molecular flexibility index (Phi) is 6.39. The lowest BCUT2D eigenvalue weighted by molar-refractivity contribution is 0.0951. The van der Waals surface area contributed by atoms with Crippen molar-refractivity contribution in [2.75, 3.05) is 13.1 Å². The Morgan fingerprint density at radius 1 is 1.04 bits per heavy atom. The van der Waals surface area contributed by atoms with Crippen LogP contribution in [0.5, 0.6) is 0 Å². The molecule has 140 valence electrons. The van der Waals surface area contributed by atoms with Gasteiger partial charge in [-0.1, -0.05) is 68.4 Å². The molecular formula is C22H26N4O. The van der Waals surface area contributed by atoms with Crippen LogP contribution in [0, 0.1) is 0 Å². The van der Waals surface area contributed by atoms with Gasteiger partial charge >= 0.3 is 0 Å². The van der Waals surface area contributed by atoms with Gasteiger partial charge in [-0.05, 0) is 24.2 Å². The van der Waals surface area contributed by atoms with E-state index in [-0.39, 0.29) is 5.91 Å². The number of hydrogen-bond acceptors (Lipinski definition) is 3. The van der Waals surface area contributed by atoms with Gasteiger partial charge in [0, 0.05) is 18.7 Å². The highest BCUT2D eigenvalue weighted by Gasteiger charge is 2.15. The molecule has 5 heteroatoms. The summed E-state index contributed by atoms with van der Waals surface area (Å²) in [5, 5.41) is 9.98. The maximum Gasteiger partial charge on any atom is 0.255 e. The second-order valence-corrected chi connectivity index (χ2v) is 6.49. The van der Waals surface area contributed by atoms with Gasteiger partial charge in [0.2, 0.25) is 0 Å². The number of aromatic nitrogens is 2. The van der Waals surface area contributed by atoms with Crippen LogP contribution in [0.2, 0.25) is 0 Å². The number of rotatable bonds is 8. The SMILES string of the molecule is CCN(CC)Cc1cccc(CNC(=O)c2cn[nH]c2-c2ccccc2)c1. The fourth-order valence-electron chi connectivity index (χ4n) is 3.10. The number of H-pyrrole nitrogens is 1. The normalized spacial score (nSPS) is 10.9. The molecule has 2 N–H and O–H groups in total. The largest absolute Gasteiger partial charge is 0.348 e. The Morgan fingerprint density at radius 2 is 1.78 bits per heavy atom. The molecule has 0 saturated carbocycles. The highest BCUT2D eigenvalue weighted by Crippen LogP contribution is 2.20. The van der Waals surface area contributed by atoms with E-state index in [1.165, 1.54) is 5.56 Å². The van der Waals surface area contributed by atoms with Crippen LogP contribution < -0.4 is 5.32 Å². The van der Waals surface area contributed by atoms with E-state index < -0.39 is 0 Å². The van der Waals surface area contributed by atoms with Crippen LogP contribution in [0.3, 0.4) is 0 Å². The predicted molar refractivity (Wildman–Crippen MR) is 108 cm³/mol. The topological polar surface area (TPSA) is 61.0 Å². The number of nitrogens with one attached hydrogen (secondary N) is 2. The Bertz CT molecular complexity index is 869. The molecule has 0 spiro atoms. The Labute approximate surface area is 160 Å². The van der Waals surface area contributed by atoms with Crippen LogP contribution in [0.25, 0.3) is 11.3 Å². The second-order valence-electron chi connectivity index (χ2n) is 6.49. The molecule has 1 amide bonds. The van der Waals surface area contributed by atoms with Gasteiger partial charge in [-0.3, -0.25) is 14.8 Å². The molecule has 0 bridgehead atoms. The lowest BCUT2D eigenvalue weighted by Gasteiger charge is -2.18. The zero-order valence-corrected chi connectivity index (χ0v) is 15.9. The summed E-state index contributed by atoms with van der Waals surface area (Å²) in [6.45, 7) is 7.81. The summed E-state index contributed by atoms with van der Waals surface area (Å²) in [6, 6.07) is 18.1. The maximum atomic E-state index is 12.6. The quantitative estimate of drug-likeness (QED) is 0.640. The Hall–Kier alpha value is -2.92. The van der Waals surface area contributed by atoms with Crippen molar-refractivity contribution in [2.45, 2.75) is 26.9 Å². The lowest BCUT2D eigenvalue weighted by Crippen LogP contribution is -2.24. The minimum atomic E-state index is -0.128. The smallest absolute Gasteiger partial charge is 0.255 e. The molecule has 0 aliphatic heterocycles. The molecule has 3 aromatic rings. The molecule has 0 fully saturated rings. The van der Waals surface area contributed by atoms with E-state index in [1.54, 1.807) is 6.20 Å². The van der Waals surface area contributed by atoms with E-state index in [9.17, 15) is 4.79 Å². The van der Waals surface area contributed by atoms with Crippen LogP contribution in [-0.4, -0.2) is 34.1 Å². The van der Waals surface area contributed by atoms with E-state index in [2.05, 4.69) is 46.4 Å². The van der Waals surface area contributed by atoms with Crippen LogP contribution >= 0.6 is 0 Å². The van der Waals surface area contributed by atoms with Crippen LogP contribution in [-0.2, 0) is 13.1 Å². The van der Waals surface area contributed by atoms with E-state index in [4.69, 9.17) is 0 Å². The van der Waals surface area contributed by atoms with E-state index in [0.717, 1.165) is 36.5 Å². The van der Waals surface area contributed by atoms with Gasteiger partial charge in [0.25, 0.3) is 5.91 Å². The lowest BCUT2D eigenvalue weighted by atomic mass is 10.1. The van der Waals surface area contributed by atoms with Crippen molar-refractivity contribution in [2.24, 2.45) is 0 Å². The monoisotopic (exact) mass is 362 g/mol. The van der Waals surface area contributed by atoms with E-state index in [1.807, 2.05) is 42.5 Å². The molecule has 0 saturated heterocycles. The van der Waals surface area contributed by atoms with Gasteiger partial charge in [0.15, 0.2) is 0 Å². The number of aromatic amines is 1. The molecule has 0 radical (unpaired) electrons. The van der Waals surface area contributed by atoms with E-state index in [0.29, 0.717) is 12.1 Å². The highest BCUT2D eigenvalue weighted by atomic mass is 16.1. The molecule has 2 aromatic carbocycles. The molecule has 0 atom stereocenters. The molecule has 1 heterocycles. The predicted octanol–water partition coefficient (Wildman–Crippen LogP) is 3.85. The number of carbonyl (C=O) groups excluding carboxylic acids is 1. The van der Waals surface area contributed by atoms with Crippen molar-refractivity contribution in [3.05, 3.63) is 77.5 Å². The summed E-state index contributed by atoms with van der Waals surface area (Å²) in [5.74, 6) is -0.128. The van der Waals surface area contributed by atoms with Crippen molar-refractivity contribution in [1.29, 1.82) is 0 Å². The fourth-order valence-corrected chi connectivity index (χ4v) is 3.10. The van der Waals surface area contributed by atoms with E-state index >= 15 is 0 Å². The van der Waals surface area contributed by atoms with Crippen molar-refractivity contribution >= 4 is 5.91 Å². The van der Waals surface area contributed by atoms with Gasteiger partial charge in [-0.15, -0.1) is 0 Å². The number of nitrogens with zero attached hydrogens (tertiary/aromatic N) is 2. The first kappa shape index (κ1) is 18.9. The third-order valence-electron chi connectivity index (χ3n) is 4.69. The zero-order valence-electron chi connectivity index (χ0n) is 15.9. The first-order valence-electron chi connectivity index (χ1n) is 9.38. The first-order valence-corrected chi connectivity index (χ1v) is 9.38. The number of hydrogen-bond donors (Lipinski definition) is 2.